The average molecular weight is 242 g/mol. The summed E-state index contributed by atoms with van der Waals surface area (Å²) in [7, 11) is 0. The Morgan fingerprint density at radius 2 is 2.00 bits per heavy atom. The molecule has 0 spiro atoms. The lowest BCUT2D eigenvalue weighted by molar-refractivity contribution is 0.750. The molecule has 1 atom stereocenters. The highest BCUT2D eigenvalue weighted by Crippen LogP contribution is 2.21. The van der Waals surface area contributed by atoms with Crippen molar-refractivity contribution in [3.05, 3.63) is 16.5 Å². The number of anilines is 1. The van der Waals surface area contributed by atoms with Crippen LogP contribution < -0.4 is 5.32 Å². The van der Waals surface area contributed by atoms with Crippen molar-refractivity contribution < 1.29 is 0 Å². The van der Waals surface area contributed by atoms with E-state index in [0.717, 1.165) is 36.5 Å². The molecule has 4 heteroatoms. The van der Waals surface area contributed by atoms with Crippen LogP contribution >= 0.6 is 11.6 Å². The second kappa shape index (κ2) is 6.04. The molecular formula is C12H20ClN3. The molecule has 1 unspecified atom stereocenters. The van der Waals surface area contributed by atoms with Gasteiger partial charge >= 0.3 is 0 Å². The van der Waals surface area contributed by atoms with E-state index in [0.29, 0.717) is 11.2 Å². The van der Waals surface area contributed by atoms with Crippen LogP contribution in [0.1, 0.15) is 45.0 Å². The van der Waals surface area contributed by atoms with Crippen LogP contribution in [0.15, 0.2) is 0 Å². The average Bonchev–Trinajstić information content (AvgIpc) is 2.25. The molecule has 16 heavy (non-hydrogen) atoms. The first-order valence-electron chi connectivity index (χ1n) is 5.88. The van der Waals surface area contributed by atoms with E-state index in [4.69, 9.17) is 11.6 Å². The normalized spacial score (nSPS) is 12.6. The van der Waals surface area contributed by atoms with Gasteiger partial charge in [0.25, 0.3) is 0 Å². The van der Waals surface area contributed by atoms with Crippen LogP contribution in [0.4, 0.5) is 5.82 Å². The zero-order chi connectivity index (χ0) is 12.1. The second-order valence-electron chi connectivity index (χ2n) is 4.11. The van der Waals surface area contributed by atoms with E-state index in [9.17, 15) is 0 Å². The van der Waals surface area contributed by atoms with Gasteiger partial charge in [-0.3, -0.25) is 0 Å². The minimum absolute atomic E-state index is 0.402. The van der Waals surface area contributed by atoms with Crippen LogP contribution in [-0.4, -0.2) is 16.0 Å². The van der Waals surface area contributed by atoms with E-state index < -0.39 is 0 Å². The second-order valence-corrected chi connectivity index (χ2v) is 4.47. The SMILES string of the molecule is CCCc1nc(Cl)c(C)c(NC(C)CC)n1. The Morgan fingerprint density at radius 3 is 2.56 bits per heavy atom. The fraction of sp³-hybridized carbons (Fsp3) is 0.667. The van der Waals surface area contributed by atoms with E-state index in [2.05, 4.69) is 36.1 Å². The van der Waals surface area contributed by atoms with Crippen molar-refractivity contribution in [1.29, 1.82) is 0 Å². The zero-order valence-electron chi connectivity index (χ0n) is 10.5. The fourth-order valence-corrected chi connectivity index (χ4v) is 1.53. The molecule has 0 bridgehead atoms. The van der Waals surface area contributed by atoms with Gasteiger partial charge in [-0.05, 0) is 26.7 Å². The van der Waals surface area contributed by atoms with E-state index >= 15 is 0 Å². The van der Waals surface area contributed by atoms with Crippen molar-refractivity contribution >= 4 is 17.4 Å². The molecule has 1 aromatic rings. The number of aryl methyl sites for hydroxylation is 1. The first-order chi connectivity index (χ1) is 7.58. The molecule has 0 aliphatic rings. The Balaban J connectivity index is 2.96. The number of aromatic nitrogens is 2. The number of nitrogens with one attached hydrogen (secondary N) is 1. The Bertz CT molecular complexity index is 352. The van der Waals surface area contributed by atoms with Gasteiger partial charge < -0.3 is 5.32 Å². The molecule has 0 radical (unpaired) electrons. The molecular weight excluding hydrogens is 222 g/mol. The van der Waals surface area contributed by atoms with Gasteiger partial charge in [0, 0.05) is 18.0 Å². The number of hydrogen-bond donors (Lipinski definition) is 1. The lowest BCUT2D eigenvalue weighted by Gasteiger charge is -2.15. The van der Waals surface area contributed by atoms with Crippen molar-refractivity contribution in [1.82, 2.24) is 9.97 Å². The van der Waals surface area contributed by atoms with Gasteiger partial charge in [0.1, 0.15) is 16.8 Å². The molecule has 0 amide bonds. The van der Waals surface area contributed by atoms with Crippen LogP contribution in [0.3, 0.4) is 0 Å². The molecule has 1 N–H and O–H groups in total. The number of halogens is 1. The molecule has 0 fully saturated rings. The maximum atomic E-state index is 6.09. The summed E-state index contributed by atoms with van der Waals surface area (Å²) in [6.07, 6.45) is 2.96. The van der Waals surface area contributed by atoms with Crippen LogP contribution in [0.5, 0.6) is 0 Å². The summed E-state index contributed by atoms with van der Waals surface area (Å²) < 4.78 is 0. The van der Waals surface area contributed by atoms with Gasteiger partial charge in [0.05, 0.1) is 0 Å². The molecule has 90 valence electrons. The van der Waals surface area contributed by atoms with Crippen molar-refractivity contribution in [2.75, 3.05) is 5.32 Å². The Morgan fingerprint density at radius 1 is 1.31 bits per heavy atom. The van der Waals surface area contributed by atoms with E-state index in [-0.39, 0.29) is 0 Å². The third kappa shape index (κ3) is 3.34. The fourth-order valence-electron chi connectivity index (χ4n) is 1.34. The summed E-state index contributed by atoms with van der Waals surface area (Å²) in [5.41, 5.74) is 0.932. The lowest BCUT2D eigenvalue weighted by atomic mass is 10.2. The molecule has 1 heterocycles. The highest BCUT2D eigenvalue weighted by molar-refractivity contribution is 6.30. The van der Waals surface area contributed by atoms with Crippen LogP contribution in [0.2, 0.25) is 5.15 Å². The maximum absolute atomic E-state index is 6.09. The Labute approximate surface area is 103 Å². The molecule has 0 aliphatic heterocycles. The van der Waals surface area contributed by atoms with Crippen molar-refractivity contribution in [2.45, 2.75) is 53.0 Å². The topological polar surface area (TPSA) is 37.8 Å². The van der Waals surface area contributed by atoms with Gasteiger partial charge in [0.2, 0.25) is 0 Å². The van der Waals surface area contributed by atoms with Gasteiger partial charge in [-0.1, -0.05) is 25.4 Å². The standard InChI is InChI=1S/C12H20ClN3/c1-5-7-10-15-11(13)9(4)12(16-10)14-8(3)6-2/h8H,5-7H2,1-4H3,(H,14,15,16). The first kappa shape index (κ1) is 13.2. The zero-order valence-corrected chi connectivity index (χ0v) is 11.2. The summed E-state index contributed by atoms with van der Waals surface area (Å²) in [6, 6.07) is 0.402. The highest BCUT2D eigenvalue weighted by atomic mass is 35.5. The molecule has 1 rings (SSSR count). The third-order valence-electron chi connectivity index (χ3n) is 2.60. The van der Waals surface area contributed by atoms with Crippen molar-refractivity contribution in [3.8, 4) is 0 Å². The van der Waals surface area contributed by atoms with E-state index in [1.807, 2.05) is 6.92 Å². The van der Waals surface area contributed by atoms with Crippen LogP contribution in [0.25, 0.3) is 0 Å². The maximum Gasteiger partial charge on any atom is 0.137 e. The van der Waals surface area contributed by atoms with Crippen LogP contribution in [0, 0.1) is 6.92 Å². The first-order valence-corrected chi connectivity index (χ1v) is 6.25. The number of hydrogen-bond acceptors (Lipinski definition) is 3. The number of rotatable bonds is 5. The number of nitrogens with zero attached hydrogens (tertiary/aromatic N) is 2. The lowest BCUT2D eigenvalue weighted by Crippen LogP contribution is -2.16. The molecule has 0 aromatic carbocycles. The minimum atomic E-state index is 0.402. The predicted molar refractivity (Wildman–Crippen MR) is 69.1 cm³/mol. The molecule has 0 saturated heterocycles. The Kier molecular flexibility index (Phi) is 5.00. The largest absolute Gasteiger partial charge is 0.367 e. The summed E-state index contributed by atoms with van der Waals surface area (Å²) in [5.74, 6) is 1.70. The highest BCUT2D eigenvalue weighted by Gasteiger charge is 2.10. The molecule has 0 aliphatic carbocycles. The van der Waals surface area contributed by atoms with Crippen molar-refractivity contribution in [3.63, 3.8) is 0 Å². The molecule has 1 aromatic heterocycles. The summed E-state index contributed by atoms with van der Waals surface area (Å²) in [6.45, 7) is 8.33. The summed E-state index contributed by atoms with van der Waals surface area (Å²) in [4.78, 5) is 8.77. The van der Waals surface area contributed by atoms with Crippen molar-refractivity contribution in [2.24, 2.45) is 0 Å². The summed E-state index contributed by atoms with van der Waals surface area (Å²) >= 11 is 6.09. The van der Waals surface area contributed by atoms with Gasteiger partial charge in [-0.2, -0.15) is 0 Å². The van der Waals surface area contributed by atoms with Gasteiger partial charge in [-0.15, -0.1) is 0 Å². The van der Waals surface area contributed by atoms with E-state index in [1.165, 1.54) is 0 Å². The monoisotopic (exact) mass is 241 g/mol. The van der Waals surface area contributed by atoms with Gasteiger partial charge in [-0.25, -0.2) is 9.97 Å². The Hall–Kier alpha value is -0.830. The molecule has 0 saturated carbocycles. The smallest absolute Gasteiger partial charge is 0.137 e. The van der Waals surface area contributed by atoms with Gasteiger partial charge in [0.15, 0.2) is 0 Å². The van der Waals surface area contributed by atoms with Crippen LogP contribution in [-0.2, 0) is 6.42 Å². The minimum Gasteiger partial charge on any atom is -0.367 e. The van der Waals surface area contributed by atoms with E-state index in [1.54, 1.807) is 0 Å². The predicted octanol–water partition coefficient (Wildman–Crippen LogP) is 3.60. The quantitative estimate of drug-likeness (QED) is 0.801. The summed E-state index contributed by atoms with van der Waals surface area (Å²) in [5, 5.41) is 3.92. The molecule has 3 nitrogen and oxygen atoms in total. The third-order valence-corrected chi connectivity index (χ3v) is 2.97.